The molecule has 0 saturated heterocycles. The van der Waals surface area contributed by atoms with Gasteiger partial charge in [-0.2, -0.15) is 0 Å². The predicted octanol–water partition coefficient (Wildman–Crippen LogP) is 0.817. The van der Waals surface area contributed by atoms with Crippen LogP contribution in [0.1, 0.15) is 0 Å². The molecule has 3 nitrogen and oxygen atoms in total. The van der Waals surface area contributed by atoms with Gasteiger partial charge in [0.15, 0.2) is 0 Å². The molecule has 2 aromatic rings. The number of thiophene rings is 1. The third-order valence-corrected chi connectivity index (χ3v) is 3.57. The predicted molar refractivity (Wildman–Crippen MR) is 61.1 cm³/mol. The molecule has 1 aromatic heterocycles. The fraction of sp³-hybridized carbons (Fsp3) is 0. The molecular formula is C8H7BClNO2S. The van der Waals surface area contributed by atoms with Crippen molar-refractivity contribution in [1.82, 2.24) is 0 Å². The van der Waals surface area contributed by atoms with Gasteiger partial charge >= 0.3 is 7.12 Å². The summed E-state index contributed by atoms with van der Waals surface area (Å²) < 4.78 is 0.787. The SMILES string of the molecule is Nc1ccc2c(B(O)O)csc2c1Cl. The van der Waals surface area contributed by atoms with Crippen LogP contribution >= 0.6 is 22.9 Å². The molecule has 0 fully saturated rings. The van der Waals surface area contributed by atoms with Crippen molar-refractivity contribution in [2.75, 3.05) is 5.73 Å². The third-order valence-electron chi connectivity index (χ3n) is 2.02. The Kier molecular flexibility index (Phi) is 2.40. The average molecular weight is 227 g/mol. The van der Waals surface area contributed by atoms with Gasteiger partial charge in [-0.25, -0.2) is 0 Å². The Bertz CT molecular complexity index is 485. The van der Waals surface area contributed by atoms with Gasteiger partial charge in [0.05, 0.1) is 15.4 Å². The van der Waals surface area contributed by atoms with Crippen molar-refractivity contribution in [3.8, 4) is 0 Å². The Morgan fingerprint density at radius 2 is 2.07 bits per heavy atom. The molecule has 0 saturated carbocycles. The molecule has 0 aliphatic rings. The molecule has 0 bridgehead atoms. The molecule has 0 radical (unpaired) electrons. The molecule has 1 aromatic carbocycles. The van der Waals surface area contributed by atoms with E-state index in [1.807, 2.05) is 0 Å². The first kappa shape index (κ1) is 9.80. The van der Waals surface area contributed by atoms with E-state index in [1.165, 1.54) is 11.3 Å². The van der Waals surface area contributed by atoms with Crippen LogP contribution in [0.15, 0.2) is 17.5 Å². The van der Waals surface area contributed by atoms with Crippen LogP contribution in [0.5, 0.6) is 0 Å². The average Bonchev–Trinajstić information content (AvgIpc) is 2.55. The van der Waals surface area contributed by atoms with E-state index in [4.69, 9.17) is 27.4 Å². The van der Waals surface area contributed by atoms with Crippen LogP contribution in [0.25, 0.3) is 10.1 Å². The highest BCUT2D eigenvalue weighted by Gasteiger charge is 2.18. The number of hydrogen-bond donors (Lipinski definition) is 3. The van der Waals surface area contributed by atoms with Crippen LogP contribution in [0.3, 0.4) is 0 Å². The third kappa shape index (κ3) is 1.38. The first-order valence-corrected chi connectivity index (χ1v) is 5.18. The van der Waals surface area contributed by atoms with Gasteiger partial charge in [-0.3, -0.25) is 0 Å². The Hall–Kier alpha value is -0.745. The molecule has 0 spiro atoms. The molecule has 0 amide bonds. The smallest absolute Gasteiger partial charge is 0.423 e. The summed E-state index contributed by atoms with van der Waals surface area (Å²) in [6.45, 7) is 0. The van der Waals surface area contributed by atoms with Gasteiger partial charge in [0.25, 0.3) is 0 Å². The number of benzene rings is 1. The zero-order valence-electron chi connectivity index (χ0n) is 7.07. The molecule has 0 unspecified atom stereocenters. The number of rotatable bonds is 1. The lowest BCUT2D eigenvalue weighted by Gasteiger charge is -2.00. The number of anilines is 1. The van der Waals surface area contributed by atoms with E-state index < -0.39 is 7.12 Å². The van der Waals surface area contributed by atoms with Crippen LogP contribution < -0.4 is 11.2 Å². The van der Waals surface area contributed by atoms with Crippen molar-refractivity contribution >= 4 is 51.3 Å². The summed E-state index contributed by atoms with van der Waals surface area (Å²) in [5, 5.41) is 21.0. The summed E-state index contributed by atoms with van der Waals surface area (Å²) in [4.78, 5) is 0. The minimum absolute atomic E-state index is 0.465. The molecule has 0 atom stereocenters. The summed E-state index contributed by atoms with van der Waals surface area (Å²) in [5.74, 6) is 0. The Morgan fingerprint density at radius 3 is 2.71 bits per heavy atom. The van der Waals surface area contributed by atoms with Crippen molar-refractivity contribution in [2.45, 2.75) is 0 Å². The second-order valence-electron chi connectivity index (χ2n) is 2.91. The van der Waals surface area contributed by atoms with E-state index in [0.717, 1.165) is 10.1 Å². The second kappa shape index (κ2) is 3.44. The van der Waals surface area contributed by atoms with Crippen molar-refractivity contribution in [2.24, 2.45) is 0 Å². The molecular weight excluding hydrogens is 220 g/mol. The van der Waals surface area contributed by atoms with Crippen molar-refractivity contribution < 1.29 is 10.0 Å². The topological polar surface area (TPSA) is 66.5 Å². The Morgan fingerprint density at radius 1 is 1.36 bits per heavy atom. The van der Waals surface area contributed by atoms with E-state index in [1.54, 1.807) is 17.5 Å². The molecule has 0 aliphatic heterocycles. The maximum atomic E-state index is 9.06. The lowest BCUT2D eigenvalue weighted by atomic mass is 9.80. The highest BCUT2D eigenvalue weighted by molar-refractivity contribution is 7.19. The zero-order valence-corrected chi connectivity index (χ0v) is 8.64. The van der Waals surface area contributed by atoms with Gasteiger partial charge in [-0.1, -0.05) is 17.7 Å². The first-order valence-electron chi connectivity index (χ1n) is 3.92. The van der Waals surface area contributed by atoms with E-state index in [9.17, 15) is 0 Å². The second-order valence-corrected chi connectivity index (χ2v) is 4.17. The summed E-state index contributed by atoms with van der Waals surface area (Å²) in [7, 11) is -1.47. The van der Waals surface area contributed by atoms with Gasteiger partial charge in [-0.15, -0.1) is 11.3 Å². The van der Waals surface area contributed by atoms with Crippen LogP contribution in [-0.4, -0.2) is 17.2 Å². The van der Waals surface area contributed by atoms with Crippen LogP contribution in [0.2, 0.25) is 5.02 Å². The lowest BCUT2D eigenvalue weighted by molar-refractivity contribution is 0.426. The Balaban J connectivity index is 2.77. The highest BCUT2D eigenvalue weighted by atomic mass is 35.5. The molecule has 72 valence electrons. The summed E-state index contributed by atoms with van der Waals surface area (Å²) in [6, 6.07) is 3.39. The molecule has 0 aliphatic carbocycles. The van der Waals surface area contributed by atoms with Gasteiger partial charge in [0, 0.05) is 5.46 Å². The standard InChI is InChI=1S/C8H7BClNO2S/c10-7-6(11)2-1-4-5(9(12)13)3-14-8(4)7/h1-3,12-13H,11H2. The quantitative estimate of drug-likeness (QED) is 0.499. The Labute approximate surface area is 89.9 Å². The zero-order chi connectivity index (χ0) is 10.3. The number of nitrogen functional groups attached to an aromatic ring is 1. The molecule has 4 N–H and O–H groups in total. The number of halogens is 1. The summed E-state index contributed by atoms with van der Waals surface area (Å²) in [5.41, 5.74) is 6.59. The minimum Gasteiger partial charge on any atom is -0.423 e. The van der Waals surface area contributed by atoms with Crippen LogP contribution in [0.4, 0.5) is 5.69 Å². The van der Waals surface area contributed by atoms with Gasteiger partial charge in [0.2, 0.25) is 0 Å². The summed E-state index contributed by atoms with van der Waals surface area (Å²) in [6.07, 6.45) is 0. The van der Waals surface area contributed by atoms with E-state index in [-0.39, 0.29) is 0 Å². The first-order chi connectivity index (χ1) is 6.61. The monoisotopic (exact) mass is 227 g/mol. The number of nitrogens with two attached hydrogens (primary N) is 1. The van der Waals surface area contributed by atoms with Gasteiger partial charge < -0.3 is 15.8 Å². The van der Waals surface area contributed by atoms with E-state index >= 15 is 0 Å². The van der Waals surface area contributed by atoms with Crippen molar-refractivity contribution in [3.05, 3.63) is 22.5 Å². The number of fused-ring (bicyclic) bond motifs is 1. The fourth-order valence-corrected chi connectivity index (χ4v) is 2.63. The fourth-order valence-electron chi connectivity index (χ4n) is 1.30. The maximum Gasteiger partial charge on any atom is 0.489 e. The molecule has 6 heteroatoms. The van der Waals surface area contributed by atoms with Gasteiger partial charge in [-0.05, 0) is 16.8 Å². The van der Waals surface area contributed by atoms with Crippen LogP contribution in [-0.2, 0) is 0 Å². The number of hydrogen-bond acceptors (Lipinski definition) is 4. The largest absolute Gasteiger partial charge is 0.489 e. The van der Waals surface area contributed by atoms with E-state index in [2.05, 4.69) is 0 Å². The van der Waals surface area contributed by atoms with E-state index in [0.29, 0.717) is 16.2 Å². The van der Waals surface area contributed by atoms with Crippen molar-refractivity contribution in [1.29, 1.82) is 0 Å². The maximum absolute atomic E-state index is 9.06. The van der Waals surface area contributed by atoms with Gasteiger partial charge in [0.1, 0.15) is 0 Å². The van der Waals surface area contributed by atoms with Crippen molar-refractivity contribution in [3.63, 3.8) is 0 Å². The molecule has 14 heavy (non-hydrogen) atoms. The van der Waals surface area contributed by atoms with Crippen LogP contribution in [0, 0.1) is 0 Å². The normalized spacial score (nSPS) is 10.8. The molecule has 1 heterocycles. The summed E-state index contributed by atoms with van der Waals surface area (Å²) >= 11 is 7.32. The highest BCUT2D eigenvalue weighted by Crippen LogP contribution is 2.31. The molecule has 2 rings (SSSR count). The minimum atomic E-state index is -1.47. The lowest BCUT2D eigenvalue weighted by Crippen LogP contribution is -2.28.